The highest BCUT2D eigenvalue weighted by Crippen LogP contribution is 1.78. The first-order valence-electron chi connectivity index (χ1n) is 3.02. The van der Waals surface area contributed by atoms with Crippen LogP contribution >= 0.6 is 0 Å². The number of aliphatic hydroxyl groups is 1. The minimum Gasteiger partial charge on any atom is -0.462 e. The van der Waals surface area contributed by atoms with Gasteiger partial charge in [-0.05, 0) is 13.1 Å². The van der Waals surface area contributed by atoms with Crippen LogP contribution in [0.5, 0.6) is 0 Å². The summed E-state index contributed by atoms with van der Waals surface area (Å²) < 4.78 is 4.49. The molecular weight excluding hydrogens is 134 g/mol. The lowest BCUT2D eigenvalue weighted by Gasteiger charge is -1.97. The van der Waals surface area contributed by atoms with E-state index >= 15 is 0 Å². The first kappa shape index (κ1) is 9.10. The lowest BCUT2D eigenvalue weighted by Crippen LogP contribution is -2.10. The SMILES string of the molecule is CC=NCC(=O)OCCO. The quantitative estimate of drug-likeness (QED) is 0.433. The summed E-state index contributed by atoms with van der Waals surface area (Å²) >= 11 is 0. The van der Waals surface area contributed by atoms with E-state index in [0.717, 1.165) is 0 Å². The van der Waals surface area contributed by atoms with E-state index < -0.39 is 5.97 Å². The molecule has 0 amide bonds. The highest BCUT2D eigenvalue weighted by molar-refractivity contribution is 5.73. The largest absolute Gasteiger partial charge is 0.462 e. The van der Waals surface area contributed by atoms with Crippen LogP contribution in [-0.4, -0.2) is 37.0 Å². The number of hydrogen-bond acceptors (Lipinski definition) is 4. The molecule has 0 aliphatic carbocycles. The Balaban J connectivity index is 3.25. The summed E-state index contributed by atoms with van der Waals surface area (Å²) in [4.78, 5) is 14.2. The monoisotopic (exact) mass is 145 g/mol. The maximum absolute atomic E-state index is 10.5. The number of ether oxygens (including phenoxy) is 1. The Morgan fingerprint density at radius 2 is 2.50 bits per heavy atom. The van der Waals surface area contributed by atoms with Crippen LogP contribution in [0.25, 0.3) is 0 Å². The average molecular weight is 145 g/mol. The van der Waals surface area contributed by atoms with Crippen molar-refractivity contribution in [3.05, 3.63) is 0 Å². The molecule has 0 aliphatic heterocycles. The molecule has 0 spiro atoms. The van der Waals surface area contributed by atoms with Crippen LogP contribution in [0.1, 0.15) is 6.92 Å². The molecular formula is C6H11NO3. The summed E-state index contributed by atoms with van der Waals surface area (Å²) in [7, 11) is 0. The third kappa shape index (κ3) is 5.24. The predicted octanol–water partition coefficient (Wildman–Crippen LogP) is -0.387. The topological polar surface area (TPSA) is 58.9 Å². The minimum atomic E-state index is -0.410. The standard InChI is InChI=1S/C6H11NO3/c1-2-7-5-6(9)10-4-3-8/h2,8H,3-5H2,1H3. The smallest absolute Gasteiger partial charge is 0.327 e. The van der Waals surface area contributed by atoms with Crippen molar-refractivity contribution in [2.45, 2.75) is 6.92 Å². The van der Waals surface area contributed by atoms with Crippen LogP contribution in [0.4, 0.5) is 0 Å². The Hall–Kier alpha value is -0.900. The van der Waals surface area contributed by atoms with E-state index in [1.807, 2.05) is 0 Å². The molecule has 1 N–H and O–H groups in total. The molecule has 0 rings (SSSR count). The first-order valence-corrected chi connectivity index (χ1v) is 3.02. The maximum atomic E-state index is 10.5. The fourth-order valence-electron chi connectivity index (χ4n) is 0.371. The molecule has 0 saturated carbocycles. The third-order valence-electron chi connectivity index (χ3n) is 0.757. The Kier molecular flexibility index (Phi) is 5.66. The van der Waals surface area contributed by atoms with Crippen LogP contribution in [0, 0.1) is 0 Å². The van der Waals surface area contributed by atoms with Gasteiger partial charge in [0, 0.05) is 0 Å². The van der Waals surface area contributed by atoms with Crippen LogP contribution in [0.2, 0.25) is 0 Å². The van der Waals surface area contributed by atoms with Crippen LogP contribution in [-0.2, 0) is 9.53 Å². The van der Waals surface area contributed by atoms with E-state index in [0.29, 0.717) is 0 Å². The summed E-state index contributed by atoms with van der Waals surface area (Å²) in [5, 5.41) is 8.22. The number of aliphatic hydroxyl groups excluding tert-OH is 1. The predicted molar refractivity (Wildman–Crippen MR) is 37.1 cm³/mol. The van der Waals surface area contributed by atoms with Gasteiger partial charge in [-0.2, -0.15) is 0 Å². The molecule has 0 heterocycles. The van der Waals surface area contributed by atoms with Crippen molar-refractivity contribution in [3.8, 4) is 0 Å². The summed E-state index contributed by atoms with van der Waals surface area (Å²) in [6, 6.07) is 0. The van der Waals surface area contributed by atoms with E-state index in [2.05, 4.69) is 9.73 Å². The molecule has 58 valence electrons. The second-order valence-electron chi connectivity index (χ2n) is 1.54. The second kappa shape index (κ2) is 6.22. The Morgan fingerprint density at radius 1 is 1.80 bits per heavy atom. The number of carbonyl (C=O) groups is 1. The lowest BCUT2D eigenvalue weighted by atomic mass is 10.6. The molecule has 0 aromatic heterocycles. The molecule has 0 atom stereocenters. The molecule has 0 fully saturated rings. The normalized spacial score (nSPS) is 10.2. The number of aliphatic imine (C=N–C) groups is 1. The van der Waals surface area contributed by atoms with Crippen molar-refractivity contribution in [2.75, 3.05) is 19.8 Å². The van der Waals surface area contributed by atoms with E-state index in [1.165, 1.54) is 6.21 Å². The van der Waals surface area contributed by atoms with E-state index in [1.54, 1.807) is 6.92 Å². The van der Waals surface area contributed by atoms with E-state index in [-0.39, 0.29) is 19.8 Å². The molecule has 0 radical (unpaired) electrons. The number of rotatable bonds is 4. The number of carbonyl (C=O) groups excluding carboxylic acids is 1. The zero-order valence-electron chi connectivity index (χ0n) is 5.91. The van der Waals surface area contributed by atoms with Crippen molar-refractivity contribution in [1.29, 1.82) is 0 Å². The van der Waals surface area contributed by atoms with Crippen molar-refractivity contribution in [3.63, 3.8) is 0 Å². The van der Waals surface area contributed by atoms with Crippen molar-refractivity contribution >= 4 is 12.2 Å². The van der Waals surface area contributed by atoms with E-state index in [9.17, 15) is 4.79 Å². The zero-order valence-corrected chi connectivity index (χ0v) is 5.91. The molecule has 4 nitrogen and oxygen atoms in total. The molecule has 0 saturated heterocycles. The highest BCUT2D eigenvalue weighted by atomic mass is 16.5. The van der Waals surface area contributed by atoms with Gasteiger partial charge in [0.15, 0.2) is 0 Å². The van der Waals surface area contributed by atoms with Gasteiger partial charge in [-0.15, -0.1) is 0 Å². The van der Waals surface area contributed by atoms with Gasteiger partial charge in [0.25, 0.3) is 0 Å². The molecule has 4 heteroatoms. The van der Waals surface area contributed by atoms with Crippen molar-refractivity contribution in [2.24, 2.45) is 4.99 Å². The highest BCUT2D eigenvalue weighted by Gasteiger charge is 1.97. The van der Waals surface area contributed by atoms with E-state index in [4.69, 9.17) is 5.11 Å². The molecule has 10 heavy (non-hydrogen) atoms. The summed E-state index contributed by atoms with van der Waals surface area (Å²) in [5.41, 5.74) is 0. The lowest BCUT2D eigenvalue weighted by molar-refractivity contribution is -0.142. The molecule has 0 aromatic carbocycles. The van der Waals surface area contributed by atoms with Gasteiger partial charge in [-0.1, -0.05) is 0 Å². The third-order valence-corrected chi connectivity index (χ3v) is 0.757. The van der Waals surface area contributed by atoms with Crippen LogP contribution in [0.3, 0.4) is 0 Å². The number of hydrogen-bond donors (Lipinski definition) is 1. The fourth-order valence-corrected chi connectivity index (χ4v) is 0.371. The molecule has 0 bridgehead atoms. The van der Waals surface area contributed by atoms with Crippen molar-refractivity contribution < 1.29 is 14.6 Å². The van der Waals surface area contributed by atoms with Gasteiger partial charge in [-0.3, -0.25) is 9.79 Å². The maximum Gasteiger partial charge on any atom is 0.327 e. The molecule has 0 aromatic rings. The van der Waals surface area contributed by atoms with Gasteiger partial charge in [-0.25, -0.2) is 0 Å². The Labute approximate surface area is 59.5 Å². The second-order valence-corrected chi connectivity index (χ2v) is 1.54. The first-order chi connectivity index (χ1) is 4.81. The summed E-state index contributed by atoms with van der Waals surface area (Å²) in [5.74, 6) is -0.410. The average Bonchev–Trinajstić information content (AvgIpc) is 1.97. The van der Waals surface area contributed by atoms with Crippen molar-refractivity contribution in [1.82, 2.24) is 0 Å². The van der Waals surface area contributed by atoms with Gasteiger partial charge >= 0.3 is 5.97 Å². The van der Waals surface area contributed by atoms with Gasteiger partial charge in [0.2, 0.25) is 0 Å². The van der Waals surface area contributed by atoms with Gasteiger partial charge in [0.05, 0.1) is 6.61 Å². The molecule has 0 aliphatic rings. The Bertz CT molecular complexity index is 122. The van der Waals surface area contributed by atoms with Gasteiger partial charge in [0.1, 0.15) is 13.2 Å². The Morgan fingerprint density at radius 3 is 3.00 bits per heavy atom. The summed E-state index contributed by atoms with van der Waals surface area (Å²) in [6.45, 7) is 1.68. The van der Waals surface area contributed by atoms with Crippen LogP contribution < -0.4 is 0 Å². The summed E-state index contributed by atoms with van der Waals surface area (Å²) in [6.07, 6.45) is 1.53. The van der Waals surface area contributed by atoms with Crippen LogP contribution in [0.15, 0.2) is 4.99 Å². The zero-order chi connectivity index (χ0) is 7.82. The number of nitrogens with zero attached hydrogens (tertiary/aromatic N) is 1. The molecule has 0 unspecified atom stereocenters. The van der Waals surface area contributed by atoms with Gasteiger partial charge < -0.3 is 9.84 Å². The fraction of sp³-hybridized carbons (Fsp3) is 0.667. The minimum absolute atomic E-state index is 0.0382. The number of esters is 1.